The van der Waals surface area contributed by atoms with Gasteiger partial charge in [0.2, 0.25) is 0 Å². The molecule has 0 aromatic heterocycles. The van der Waals surface area contributed by atoms with Crippen LogP contribution < -0.4 is 0 Å². The molecular weight excluding hydrogens is 185 g/mol. The minimum atomic E-state index is 0.521. The molecule has 0 bridgehead atoms. The quantitative estimate of drug-likeness (QED) is 0.412. The van der Waals surface area contributed by atoms with E-state index in [2.05, 4.69) is 5.16 Å². The van der Waals surface area contributed by atoms with E-state index in [9.17, 15) is 0 Å². The molecule has 1 aromatic carbocycles. The molecule has 2 nitrogen and oxygen atoms in total. The average Bonchev–Trinajstić information content (AvgIpc) is 1.85. The van der Waals surface area contributed by atoms with Gasteiger partial charge in [0.15, 0.2) is 0 Å². The number of hydrogen-bond acceptors (Lipinski definition) is 2. The number of halogens is 2. The highest BCUT2D eigenvalue weighted by molar-refractivity contribution is 6.35. The maximum Gasteiger partial charge on any atom is 0.0734 e. The van der Waals surface area contributed by atoms with E-state index in [1.165, 1.54) is 6.21 Å². The van der Waals surface area contributed by atoms with Crippen molar-refractivity contribution in [1.82, 2.24) is 0 Å². The summed E-state index contributed by atoms with van der Waals surface area (Å²) in [6.45, 7) is 0. The molecule has 1 N–H and O–H groups in total. The molecule has 4 heteroatoms. The fourth-order valence-corrected chi connectivity index (χ4v) is 1.26. The molecule has 0 spiro atoms. The number of rotatable bonds is 1. The Morgan fingerprint density at radius 2 is 1.73 bits per heavy atom. The van der Waals surface area contributed by atoms with E-state index in [4.69, 9.17) is 28.4 Å². The Morgan fingerprint density at radius 1 is 1.18 bits per heavy atom. The number of hydrogen-bond donors (Lipinski definition) is 1. The Hall–Kier alpha value is -0.730. The first-order chi connectivity index (χ1) is 5.22. The van der Waals surface area contributed by atoms with E-state index in [1.807, 2.05) is 0 Å². The predicted octanol–water partition coefficient (Wildman–Crippen LogP) is 2.80. The summed E-state index contributed by atoms with van der Waals surface area (Å²) in [6, 6.07) is 4.90. The Balaban J connectivity index is 3.08. The van der Waals surface area contributed by atoms with Crippen molar-refractivity contribution in [2.45, 2.75) is 0 Å². The van der Waals surface area contributed by atoms with Crippen molar-refractivity contribution in [3.8, 4) is 0 Å². The highest BCUT2D eigenvalue weighted by Crippen LogP contribution is 2.17. The highest BCUT2D eigenvalue weighted by Gasteiger charge is 1.94. The van der Waals surface area contributed by atoms with Crippen molar-refractivity contribution in [1.29, 1.82) is 0 Å². The molecule has 0 fully saturated rings. The van der Waals surface area contributed by atoms with E-state index >= 15 is 0 Å². The van der Waals surface area contributed by atoms with Gasteiger partial charge >= 0.3 is 0 Å². The third kappa shape index (κ3) is 2.41. The van der Waals surface area contributed by atoms with Gasteiger partial charge in [-0.3, -0.25) is 0 Å². The zero-order valence-electron chi connectivity index (χ0n) is 5.46. The summed E-state index contributed by atoms with van der Waals surface area (Å²) >= 11 is 11.3. The van der Waals surface area contributed by atoms with Gasteiger partial charge < -0.3 is 5.21 Å². The number of nitrogens with zero attached hydrogens (tertiary/aromatic N) is 1. The van der Waals surface area contributed by atoms with Gasteiger partial charge in [-0.1, -0.05) is 28.4 Å². The van der Waals surface area contributed by atoms with E-state index in [0.29, 0.717) is 15.6 Å². The molecule has 0 atom stereocenters. The lowest BCUT2D eigenvalue weighted by Gasteiger charge is -1.94. The van der Waals surface area contributed by atoms with Crippen LogP contribution in [0.3, 0.4) is 0 Å². The van der Waals surface area contributed by atoms with Crippen LogP contribution in [0.2, 0.25) is 10.0 Å². The van der Waals surface area contributed by atoms with Crippen LogP contribution in [0.4, 0.5) is 0 Å². The molecule has 1 rings (SSSR count). The number of benzene rings is 1. The lowest BCUT2D eigenvalue weighted by molar-refractivity contribution is 0.322. The number of oxime groups is 1. The van der Waals surface area contributed by atoms with Gasteiger partial charge in [0.1, 0.15) is 0 Å². The van der Waals surface area contributed by atoms with Gasteiger partial charge in [-0.15, -0.1) is 0 Å². The summed E-state index contributed by atoms with van der Waals surface area (Å²) in [6.07, 6.45) is 1.26. The fraction of sp³-hybridized carbons (Fsp3) is 0. The van der Waals surface area contributed by atoms with Crippen LogP contribution in [0, 0.1) is 0 Å². The molecule has 0 aliphatic carbocycles. The minimum Gasteiger partial charge on any atom is -0.411 e. The van der Waals surface area contributed by atoms with Crippen molar-refractivity contribution in [2.24, 2.45) is 5.16 Å². The van der Waals surface area contributed by atoms with Crippen molar-refractivity contribution in [3.05, 3.63) is 33.8 Å². The Bertz CT molecular complexity index is 266. The van der Waals surface area contributed by atoms with Gasteiger partial charge in [-0.25, -0.2) is 0 Å². The maximum atomic E-state index is 8.18. The van der Waals surface area contributed by atoms with Crippen molar-refractivity contribution in [2.75, 3.05) is 0 Å². The molecule has 0 saturated heterocycles. The molecule has 0 aliphatic rings. The van der Waals surface area contributed by atoms with E-state index in [1.54, 1.807) is 18.2 Å². The van der Waals surface area contributed by atoms with Crippen molar-refractivity contribution in [3.63, 3.8) is 0 Å². The average molecular weight is 190 g/mol. The van der Waals surface area contributed by atoms with Crippen molar-refractivity contribution >= 4 is 29.4 Å². The fourth-order valence-electron chi connectivity index (χ4n) is 0.716. The van der Waals surface area contributed by atoms with Gasteiger partial charge in [0.05, 0.1) is 6.21 Å². The van der Waals surface area contributed by atoms with Crippen LogP contribution in [0.15, 0.2) is 23.4 Å². The molecule has 0 unspecified atom stereocenters. The molecule has 1 aromatic rings. The highest BCUT2D eigenvalue weighted by atomic mass is 35.5. The summed E-state index contributed by atoms with van der Waals surface area (Å²) in [7, 11) is 0. The largest absolute Gasteiger partial charge is 0.411 e. The van der Waals surface area contributed by atoms with Crippen molar-refractivity contribution < 1.29 is 5.21 Å². The van der Waals surface area contributed by atoms with E-state index in [0.717, 1.165) is 0 Å². The van der Waals surface area contributed by atoms with Crippen LogP contribution in [0.5, 0.6) is 0 Å². The topological polar surface area (TPSA) is 32.6 Å². The summed E-state index contributed by atoms with van der Waals surface area (Å²) in [5, 5.41) is 12.1. The van der Waals surface area contributed by atoms with Gasteiger partial charge in [-0.05, 0) is 23.8 Å². The van der Waals surface area contributed by atoms with Crippen LogP contribution in [0.1, 0.15) is 5.56 Å². The van der Waals surface area contributed by atoms with E-state index < -0.39 is 0 Å². The van der Waals surface area contributed by atoms with Crippen LogP contribution in [-0.4, -0.2) is 11.4 Å². The van der Waals surface area contributed by atoms with Crippen LogP contribution in [-0.2, 0) is 0 Å². The Labute approximate surface area is 74.0 Å². The zero-order chi connectivity index (χ0) is 8.27. The minimum absolute atomic E-state index is 0.521. The second kappa shape index (κ2) is 3.60. The smallest absolute Gasteiger partial charge is 0.0734 e. The molecule has 58 valence electrons. The third-order valence-electron chi connectivity index (χ3n) is 1.09. The third-order valence-corrected chi connectivity index (χ3v) is 1.53. The van der Waals surface area contributed by atoms with Gasteiger partial charge in [-0.2, -0.15) is 0 Å². The van der Waals surface area contributed by atoms with Crippen LogP contribution >= 0.6 is 23.2 Å². The van der Waals surface area contributed by atoms with Gasteiger partial charge in [0.25, 0.3) is 0 Å². The van der Waals surface area contributed by atoms with Crippen LogP contribution in [0.25, 0.3) is 0 Å². The molecule has 0 radical (unpaired) electrons. The first-order valence-corrected chi connectivity index (χ1v) is 3.61. The second-order valence-corrected chi connectivity index (χ2v) is 2.82. The molecule has 0 heterocycles. The zero-order valence-corrected chi connectivity index (χ0v) is 6.97. The molecule has 11 heavy (non-hydrogen) atoms. The first kappa shape index (κ1) is 8.37. The monoisotopic (exact) mass is 189 g/mol. The predicted molar refractivity (Wildman–Crippen MR) is 45.8 cm³/mol. The SMILES string of the molecule is O/N=C/c1cc(Cl)cc(Cl)c1. The van der Waals surface area contributed by atoms with E-state index in [-0.39, 0.29) is 0 Å². The molecule has 0 amide bonds. The molecule has 0 aliphatic heterocycles. The summed E-state index contributed by atoms with van der Waals surface area (Å²) in [4.78, 5) is 0. The normalized spacial score (nSPS) is 10.7. The molecule has 0 saturated carbocycles. The molecular formula is C7H5Cl2NO. The second-order valence-electron chi connectivity index (χ2n) is 1.95. The summed E-state index contributed by atoms with van der Waals surface area (Å²) < 4.78 is 0. The summed E-state index contributed by atoms with van der Waals surface area (Å²) in [5.74, 6) is 0. The lowest BCUT2D eigenvalue weighted by Crippen LogP contribution is -1.80. The Morgan fingerprint density at radius 3 is 2.18 bits per heavy atom. The summed E-state index contributed by atoms with van der Waals surface area (Å²) in [5.41, 5.74) is 0.671. The lowest BCUT2D eigenvalue weighted by atomic mass is 10.2. The van der Waals surface area contributed by atoms with Gasteiger partial charge in [0, 0.05) is 10.0 Å². The standard InChI is InChI=1S/C7H5Cl2NO/c8-6-1-5(4-10-11)2-7(9)3-6/h1-4,11H/b10-4+. The Kier molecular flexibility index (Phi) is 2.74. The first-order valence-electron chi connectivity index (χ1n) is 2.86. The maximum absolute atomic E-state index is 8.18.